The van der Waals surface area contributed by atoms with Gasteiger partial charge in [0.1, 0.15) is 9.79 Å². The van der Waals surface area contributed by atoms with E-state index in [4.69, 9.17) is 10.9 Å². The van der Waals surface area contributed by atoms with Crippen LogP contribution in [0.2, 0.25) is 0 Å². The first-order chi connectivity index (χ1) is 17.1. The van der Waals surface area contributed by atoms with E-state index in [-0.39, 0.29) is 28.3 Å². The van der Waals surface area contributed by atoms with Crippen molar-refractivity contribution in [1.82, 2.24) is 40.6 Å². The number of sulfonamides is 2. The fourth-order valence-electron chi connectivity index (χ4n) is 4.18. The average Bonchev–Trinajstić information content (AvgIpc) is 3.58. The van der Waals surface area contributed by atoms with Crippen LogP contribution >= 0.6 is 0 Å². The van der Waals surface area contributed by atoms with Crippen LogP contribution in [0.4, 0.5) is 0 Å². The Kier molecular flexibility index (Phi) is 5.80. The second-order valence-electron chi connectivity index (χ2n) is 8.06. The van der Waals surface area contributed by atoms with Crippen molar-refractivity contribution in [2.45, 2.75) is 22.3 Å². The van der Waals surface area contributed by atoms with Gasteiger partial charge in [-0.3, -0.25) is 4.79 Å². The molecule has 15 nitrogen and oxygen atoms in total. The van der Waals surface area contributed by atoms with E-state index in [9.17, 15) is 21.6 Å². The number of hydrogen-bond donors (Lipinski definition) is 6. The van der Waals surface area contributed by atoms with Gasteiger partial charge in [-0.1, -0.05) is 18.2 Å². The summed E-state index contributed by atoms with van der Waals surface area (Å²) in [7, 11) is -9.00. The van der Waals surface area contributed by atoms with Gasteiger partial charge in [0.05, 0.1) is 16.6 Å². The minimum absolute atomic E-state index is 0.112. The average molecular weight is 533 g/mol. The standard InChI is InChI=1S/C19H20N10O5S2/c20-17(30)19-23-12-3-1-2-11(15(12)24-19)10-4-5-13(36(33,34)27-9-6-7-22-8-9)16(35(21,31)32)14(10)18-25-28-29-26-18/h1-5,9,22,27H,6-8H2,(H2,20,30)(H,23,24)(H2,21,31,32)(H,25,26,28,29). The van der Waals surface area contributed by atoms with Crippen LogP contribution in [0.15, 0.2) is 40.1 Å². The molecule has 4 aromatic rings. The first kappa shape index (κ1) is 23.9. The molecule has 1 unspecified atom stereocenters. The molecule has 188 valence electrons. The second kappa shape index (κ2) is 8.71. The molecule has 1 aliphatic heterocycles. The van der Waals surface area contributed by atoms with Gasteiger partial charge in [0.2, 0.25) is 25.9 Å². The number of nitrogens with one attached hydrogen (secondary N) is 4. The molecule has 2 aromatic carbocycles. The summed E-state index contributed by atoms with van der Waals surface area (Å²) in [4.78, 5) is 17.4. The van der Waals surface area contributed by atoms with Gasteiger partial charge in [-0.25, -0.2) is 31.7 Å². The number of aromatic nitrogens is 6. The number of tetrazole rings is 1. The summed E-state index contributed by atoms with van der Waals surface area (Å²) in [6.07, 6.45) is 0.531. The maximum atomic E-state index is 13.3. The molecule has 0 saturated carbocycles. The van der Waals surface area contributed by atoms with E-state index in [1.165, 1.54) is 6.07 Å². The van der Waals surface area contributed by atoms with Crippen molar-refractivity contribution in [2.24, 2.45) is 10.9 Å². The SMILES string of the molecule is NC(=O)c1nc2c(-c3ccc(S(=O)(=O)NC4CCNC4)c(S(N)(=O)=O)c3-c3nn[nH]n3)cccc2[nH]1. The summed E-state index contributed by atoms with van der Waals surface area (Å²) >= 11 is 0. The highest BCUT2D eigenvalue weighted by atomic mass is 32.2. The van der Waals surface area contributed by atoms with Crippen LogP contribution in [0.25, 0.3) is 33.5 Å². The van der Waals surface area contributed by atoms with E-state index in [0.29, 0.717) is 30.6 Å². The molecule has 8 N–H and O–H groups in total. The molecule has 1 amide bonds. The Hall–Kier alpha value is -3.77. The number of amides is 1. The van der Waals surface area contributed by atoms with Gasteiger partial charge in [-0.2, -0.15) is 5.21 Å². The van der Waals surface area contributed by atoms with Crippen molar-refractivity contribution in [2.75, 3.05) is 13.1 Å². The number of carbonyl (C=O) groups is 1. The summed E-state index contributed by atoms with van der Waals surface area (Å²) in [6, 6.07) is 7.00. The lowest BCUT2D eigenvalue weighted by Gasteiger charge is -2.18. The molecular formula is C19H20N10O5S2. The van der Waals surface area contributed by atoms with Crippen molar-refractivity contribution < 1.29 is 21.6 Å². The number of primary amides is 1. The Morgan fingerprint density at radius 3 is 2.56 bits per heavy atom. The highest BCUT2D eigenvalue weighted by molar-refractivity contribution is 7.92. The molecule has 0 bridgehead atoms. The lowest BCUT2D eigenvalue weighted by atomic mass is 9.98. The van der Waals surface area contributed by atoms with Crippen molar-refractivity contribution in [1.29, 1.82) is 0 Å². The van der Waals surface area contributed by atoms with Gasteiger partial charge < -0.3 is 16.0 Å². The molecular weight excluding hydrogens is 512 g/mol. The van der Waals surface area contributed by atoms with Gasteiger partial charge in [0.15, 0.2) is 5.82 Å². The molecule has 36 heavy (non-hydrogen) atoms. The maximum absolute atomic E-state index is 13.3. The lowest BCUT2D eigenvalue weighted by molar-refractivity contribution is 0.0991. The number of rotatable bonds is 7. The summed E-state index contributed by atoms with van der Waals surface area (Å²) < 4.78 is 55.0. The molecule has 0 spiro atoms. The molecule has 3 heterocycles. The van der Waals surface area contributed by atoms with Crippen LogP contribution in [0.3, 0.4) is 0 Å². The third-order valence-corrected chi connectivity index (χ3v) is 8.37. The maximum Gasteiger partial charge on any atom is 0.284 e. The minimum atomic E-state index is -4.66. The lowest BCUT2D eigenvalue weighted by Crippen LogP contribution is -2.37. The van der Waals surface area contributed by atoms with Gasteiger partial charge in [0, 0.05) is 18.2 Å². The number of carbonyl (C=O) groups excluding carboxylic acids is 1. The fraction of sp³-hybridized carbons (Fsp3) is 0.211. The third kappa shape index (κ3) is 4.22. The predicted octanol–water partition coefficient (Wildman–Crippen LogP) is -1.20. The summed E-state index contributed by atoms with van der Waals surface area (Å²) in [5, 5.41) is 22.1. The van der Waals surface area contributed by atoms with Crippen molar-refractivity contribution in [3.63, 3.8) is 0 Å². The van der Waals surface area contributed by atoms with Crippen LogP contribution in [-0.2, 0) is 20.0 Å². The third-order valence-electron chi connectivity index (χ3n) is 5.68. The van der Waals surface area contributed by atoms with Crippen LogP contribution in [0.5, 0.6) is 0 Å². The van der Waals surface area contributed by atoms with Crippen molar-refractivity contribution >= 4 is 37.0 Å². The fourth-order valence-corrected chi connectivity index (χ4v) is 7.05. The highest BCUT2D eigenvalue weighted by Gasteiger charge is 2.34. The number of H-pyrrole nitrogens is 2. The quantitative estimate of drug-likeness (QED) is 0.166. The number of benzene rings is 2. The van der Waals surface area contributed by atoms with E-state index in [1.54, 1.807) is 18.2 Å². The number of fused-ring (bicyclic) bond motifs is 1. The molecule has 0 radical (unpaired) electrons. The summed E-state index contributed by atoms with van der Waals surface area (Å²) in [5.41, 5.74) is 6.40. The molecule has 1 fully saturated rings. The minimum Gasteiger partial charge on any atom is -0.363 e. The highest BCUT2D eigenvalue weighted by Crippen LogP contribution is 2.40. The van der Waals surface area contributed by atoms with Gasteiger partial charge >= 0.3 is 0 Å². The van der Waals surface area contributed by atoms with Crippen LogP contribution < -0.4 is 20.9 Å². The normalized spacial score (nSPS) is 16.5. The Bertz CT molecular complexity index is 1690. The molecule has 2 aromatic heterocycles. The number of nitrogens with zero attached hydrogens (tertiary/aromatic N) is 4. The number of para-hydroxylation sites is 1. The second-order valence-corrected chi connectivity index (χ2v) is 11.2. The van der Waals surface area contributed by atoms with Gasteiger partial charge in [-0.15, -0.1) is 10.2 Å². The van der Waals surface area contributed by atoms with E-state index in [0.717, 1.165) is 6.07 Å². The largest absolute Gasteiger partial charge is 0.363 e. The number of aromatic amines is 2. The zero-order valence-corrected chi connectivity index (χ0v) is 20.0. The van der Waals surface area contributed by atoms with E-state index >= 15 is 0 Å². The first-order valence-electron chi connectivity index (χ1n) is 10.5. The number of hydrogen-bond acceptors (Lipinski definition) is 10. The van der Waals surface area contributed by atoms with Crippen LogP contribution in [0.1, 0.15) is 17.0 Å². The summed E-state index contributed by atoms with van der Waals surface area (Å²) in [6.45, 7) is 1.01. The Morgan fingerprint density at radius 1 is 1.11 bits per heavy atom. The predicted molar refractivity (Wildman–Crippen MR) is 126 cm³/mol. The number of primary sulfonamides is 1. The monoisotopic (exact) mass is 532 g/mol. The molecule has 1 atom stereocenters. The van der Waals surface area contributed by atoms with Crippen molar-refractivity contribution in [3.8, 4) is 22.5 Å². The zero-order chi connectivity index (χ0) is 25.7. The summed E-state index contributed by atoms with van der Waals surface area (Å²) in [5.74, 6) is -1.12. The van der Waals surface area contributed by atoms with E-state index < -0.39 is 41.8 Å². The molecule has 1 saturated heterocycles. The zero-order valence-electron chi connectivity index (χ0n) is 18.4. The van der Waals surface area contributed by atoms with Crippen LogP contribution in [-0.4, -0.2) is 72.5 Å². The molecule has 17 heteroatoms. The van der Waals surface area contributed by atoms with E-state index in [1.807, 2.05) is 0 Å². The Balaban J connectivity index is 1.82. The molecule has 5 rings (SSSR count). The smallest absolute Gasteiger partial charge is 0.284 e. The van der Waals surface area contributed by atoms with Gasteiger partial charge in [0.25, 0.3) is 5.91 Å². The Morgan fingerprint density at radius 2 is 1.92 bits per heavy atom. The van der Waals surface area contributed by atoms with Crippen LogP contribution in [0, 0.1) is 0 Å². The topological polar surface area (TPSA) is 245 Å². The number of nitrogens with two attached hydrogens (primary N) is 2. The molecule has 1 aliphatic rings. The number of imidazole rings is 1. The molecule has 0 aliphatic carbocycles. The van der Waals surface area contributed by atoms with E-state index in [2.05, 4.69) is 40.6 Å². The first-order valence-corrected chi connectivity index (χ1v) is 13.5. The van der Waals surface area contributed by atoms with Gasteiger partial charge in [-0.05, 0) is 35.9 Å². The Labute approximate surface area is 204 Å². The van der Waals surface area contributed by atoms with Crippen molar-refractivity contribution in [3.05, 3.63) is 36.2 Å².